The van der Waals surface area contributed by atoms with Crippen molar-refractivity contribution in [1.29, 1.82) is 0 Å². The third-order valence-electron chi connectivity index (χ3n) is 7.65. The summed E-state index contributed by atoms with van der Waals surface area (Å²) in [5, 5.41) is 4.01. The lowest BCUT2D eigenvalue weighted by atomic mass is 9.77. The molecule has 4 heterocycles. The van der Waals surface area contributed by atoms with E-state index in [1.165, 1.54) is 10.6 Å². The average molecular weight is 489 g/mol. The van der Waals surface area contributed by atoms with Gasteiger partial charge < -0.3 is 19.9 Å². The second-order valence-electron chi connectivity index (χ2n) is 9.72. The quantitative estimate of drug-likeness (QED) is 0.403. The lowest BCUT2D eigenvalue weighted by Crippen LogP contribution is -2.55. The minimum Gasteiger partial charge on any atom is -0.368 e. The Hall–Kier alpha value is -3.23. The van der Waals surface area contributed by atoms with Crippen LogP contribution in [0.15, 0.2) is 66.7 Å². The van der Waals surface area contributed by atoms with Gasteiger partial charge in [-0.3, -0.25) is 9.59 Å². The van der Waals surface area contributed by atoms with E-state index in [1.807, 2.05) is 49.4 Å². The van der Waals surface area contributed by atoms with Crippen molar-refractivity contribution >= 4 is 40.5 Å². The second-order valence-corrected chi connectivity index (χ2v) is 10.1. The van der Waals surface area contributed by atoms with Gasteiger partial charge in [0.05, 0.1) is 30.2 Å². The van der Waals surface area contributed by atoms with Gasteiger partial charge >= 0.3 is 0 Å². The van der Waals surface area contributed by atoms with E-state index in [1.54, 1.807) is 0 Å². The van der Waals surface area contributed by atoms with Crippen LogP contribution in [-0.2, 0) is 14.3 Å². The van der Waals surface area contributed by atoms with Gasteiger partial charge in [-0.25, -0.2) is 4.90 Å². The number of ether oxygens (including phenoxy) is 1. The molecule has 6 rings (SSSR count). The highest BCUT2D eigenvalue weighted by Gasteiger charge is 2.67. The first-order valence-electron chi connectivity index (χ1n) is 12.1. The standard InChI is InChI=1S/C27H28N4O3S/c1-18-7-9-20(10-8-18)31-24(32)22-21-11-12-27(34-21,23(22)25(31)33)17-28-26(35)30-15-13-29(14-16-30)19-5-3-2-4-6-19/h2-12,21-23H,13-17H2,1H3,(H,28,35)/t21-,22+,23+,27+/m1/s1. The number of anilines is 2. The fourth-order valence-electron chi connectivity index (χ4n) is 5.79. The second kappa shape index (κ2) is 8.46. The van der Waals surface area contributed by atoms with Crippen LogP contribution in [0.25, 0.3) is 0 Å². The molecule has 0 aromatic heterocycles. The number of carbonyl (C=O) groups excluding carboxylic acids is 2. The van der Waals surface area contributed by atoms with E-state index in [0.717, 1.165) is 31.7 Å². The number of imide groups is 1. The molecule has 35 heavy (non-hydrogen) atoms. The van der Waals surface area contributed by atoms with Crippen molar-refractivity contribution in [1.82, 2.24) is 10.2 Å². The highest BCUT2D eigenvalue weighted by atomic mass is 32.1. The van der Waals surface area contributed by atoms with Crippen LogP contribution >= 0.6 is 12.2 Å². The number of nitrogens with zero attached hydrogens (tertiary/aromatic N) is 3. The molecule has 3 saturated heterocycles. The molecule has 8 heteroatoms. The molecule has 4 aliphatic heterocycles. The van der Waals surface area contributed by atoms with Crippen molar-refractivity contribution in [3.63, 3.8) is 0 Å². The number of carbonyl (C=O) groups is 2. The molecule has 7 nitrogen and oxygen atoms in total. The van der Waals surface area contributed by atoms with E-state index in [0.29, 0.717) is 17.3 Å². The summed E-state index contributed by atoms with van der Waals surface area (Å²) in [6.07, 6.45) is 3.50. The number of piperazine rings is 1. The number of hydrogen-bond acceptors (Lipinski definition) is 5. The highest BCUT2D eigenvalue weighted by Crippen LogP contribution is 2.52. The molecule has 2 amide bonds. The van der Waals surface area contributed by atoms with Crippen molar-refractivity contribution in [2.24, 2.45) is 11.8 Å². The third-order valence-corrected chi connectivity index (χ3v) is 8.05. The first-order valence-corrected chi connectivity index (χ1v) is 12.5. The Labute approximate surface area is 210 Å². The Morgan fingerprint density at radius 1 is 1.00 bits per heavy atom. The molecule has 0 radical (unpaired) electrons. The van der Waals surface area contributed by atoms with Crippen LogP contribution in [0.1, 0.15) is 5.56 Å². The van der Waals surface area contributed by atoms with Crippen LogP contribution in [0.5, 0.6) is 0 Å². The summed E-state index contributed by atoms with van der Waals surface area (Å²) in [6, 6.07) is 17.9. The molecule has 0 unspecified atom stereocenters. The monoisotopic (exact) mass is 488 g/mol. The van der Waals surface area contributed by atoms with E-state index in [-0.39, 0.29) is 17.9 Å². The van der Waals surface area contributed by atoms with Gasteiger partial charge in [-0.05, 0) is 43.4 Å². The average Bonchev–Trinajstić information content (AvgIpc) is 3.54. The van der Waals surface area contributed by atoms with Gasteiger partial charge in [0.2, 0.25) is 11.8 Å². The largest absolute Gasteiger partial charge is 0.368 e. The number of hydrogen-bond donors (Lipinski definition) is 1. The Kier molecular flexibility index (Phi) is 5.38. The summed E-state index contributed by atoms with van der Waals surface area (Å²) in [5.41, 5.74) is 2.06. The first kappa shape index (κ1) is 22.2. The van der Waals surface area contributed by atoms with Crippen molar-refractivity contribution in [3.8, 4) is 0 Å². The zero-order valence-corrected chi connectivity index (χ0v) is 20.4. The lowest BCUT2D eigenvalue weighted by molar-refractivity contribution is -0.126. The van der Waals surface area contributed by atoms with Crippen molar-refractivity contribution in [2.45, 2.75) is 18.6 Å². The van der Waals surface area contributed by atoms with E-state index in [4.69, 9.17) is 17.0 Å². The molecule has 0 aliphatic carbocycles. The molecule has 2 aromatic rings. The van der Waals surface area contributed by atoms with Crippen LogP contribution in [0.2, 0.25) is 0 Å². The lowest BCUT2D eigenvalue weighted by Gasteiger charge is -2.38. The van der Waals surface area contributed by atoms with E-state index < -0.39 is 17.4 Å². The summed E-state index contributed by atoms with van der Waals surface area (Å²) in [5.74, 6) is -1.41. The van der Waals surface area contributed by atoms with Gasteiger partial charge in [0, 0.05) is 31.9 Å². The van der Waals surface area contributed by atoms with Gasteiger partial charge in [0.15, 0.2) is 5.11 Å². The van der Waals surface area contributed by atoms with Crippen LogP contribution in [0.3, 0.4) is 0 Å². The Morgan fingerprint density at radius 3 is 2.43 bits per heavy atom. The maximum absolute atomic E-state index is 13.5. The number of para-hydroxylation sites is 1. The topological polar surface area (TPSA) is 65.1 Å². The molecular weight excluding hydrogens is 460 g/mol. The molecule has 2 bridgehead atoms. The van der Waals surface area contributed by atoms with Gasteiger partial charge in [0.1, 0.15) is 5.60 Å². The summed E-state index contributed by atoms with van der Waals surface area (Å²) in [6.45, 7) is 5.75. The van der Waals surface area contributed by atoms with Gasteiger partial charge in [-0.15, -0.1) is 0 Å². The molecule has 1 N–H and O–H groups in total. The number of fused-ring (bicyclic) bond motifs is 5. The predicted molar refractivity (Wildman–Crippen MR) is 138 cm³/mol. The van der Waals surface area contributed by atoms with E-state index in [9.17, 15) is 9.59 Å². The van der Waals surface area contributed by atoms with Crippen molar-refractivity contribution < 1.29 is 14.3 Å². The highest BCUT2D eigenvalue weighted by molar-refractivity contribution is 7.80. The fourth-order valence-corrected chi connectivity index (χ4v) is 6.04. The fraction of sp³-hybridized carbons (Fsp3) is 0.370. The molecule has 180 valence electrons. The number of thiocarbonyl (C=S) groups is 1. The molecule has 0 spiro atoms. The first-order chi connectivity index (χ1) is 17.0. The van der Waals surface area contributed by atoms with E-state index >= 15 is 0 Å². The SMILES string of the molecule is Cc1ccc(N2C(=O)[C@@H]3[C@@H](C2=O)[C@@]2(CNC(=S)N4CCN(c5ccccc5)CC4)C=C[C@H]3O2)cc1. The molecular formula is C27H28N4O3S. The molecule has 4 atom stereocenters. The molecule has 4 aliphatic rings. The van der Waals surface area contributed by atoms with Gasteiger partial charge in [-0.1, -0.05) is 48.0 Å². The van der Waals surface area contributed by atoms with Crippen LogP contribution < -0.4 is 15.1 Å². The Morgan fingerprint density at radius 2 is 1.71 bits per heavy atom. The molecule has 2 aromatic carbocycles. The summed E-state index contributed by atoms with van der Waals surface area (Å²) < 4.78 is 6.26. The zero-order chi connectivity index (χ0) is 24.2. The normalized spacial score (nSPS) is 29.2. The maximum Gasteiger partial charge on any atom is 0.241 e. The smallest absolute Gasteiger partial charge is 0.241 e. The van der Waals surface area contributed by atoms with Gasteiger partial charge in [0.25, 0.3) is 0 Å². The maximum atomic E-state index is 13.5. The van der Waals surface area contributed by atoms with Crippen molar-refractivity contribution in [3.05, 3.63) is 72.3 Å². The number of benzene rings is 2. The minimum atomic E-state index is -0.864. The molecule has 3 fully saturated rings. The summed E-state index contributed by atoms with van der Waals surface area (Å²) in [4.78, 5) is 32.6. The number of amides is 2. The van der Waals surface area contributed by atoms with Crippen molar-refractivity contribution in [2.75, 3.05) is 42.5 Å². The summed E-state index contributed by atoms with van der Waals surface area (Å²) >= 11 is 5.71. The third kappa shape index (κ3) is 3.63. The number of nitrogens with one attached hydrogen (secondary N) is 1. The van der Waals surface area contributed by atoms with Crippen LogP contribution in [-0.4, -0.2) is 66.3 Å². The van der Waals surface area contributed by atoms with Gasteiger partial charge in [-0.2, -0.15) is 0 Å². The van der Waals surface area contributed by atoms with E-state index in [2.05, 4.69) is 39.4 Å². The minimum absolute atomic E-state index is 0.181. The van der Waals surface area contributed by atoms with Crippen LogP contribution in [0.4, 0.5) is 11.4 Å². The zero-order valence-electron chi connectivity index (χ0n) is 19.6. The summed E-state index contributed by atoms with van der Waals surface area (Å²) in [7, 11) is 0. The molecule has 0 saturated carbocycles. The van der Waals surface area contributed by atoms with Crippen LogP contribution in [0, 0.1) is 18.8 Å². The Balaban J connectivity index is 1.12. The Bertz CT molecular complexity index is 1190. The number of rotatable bonds is 4. The number of aryl methyl sites for hydroxylation is 1. The predicted octanol–water partition coefficient (Wildman–Crippen LogP) is 2.50.